The van der Waals surface area contributed by atoms with Crippen molar-refractivity contribution in [1.82, 2.24) is 15.3 Å². The number of carbonyl (C=O) groups excluding carboxylic acids is 2. The van der Waals surface area contributed by atoms with E-state index < -0.39 is 0 Å². The van der Waals surface area contributed by atoms with Gasteiger partial charge in [-0.2, -0.15) is 0 Å². The summed E-state index contributed by atoms with van der Waals surface area (Å²) in [6.07, 6.45) is 12.2. The van der Waals surface area contributed by atoms with Crippen LogP contribution in [-0.2, 0) is 11.2 Å². The number of rotatable bonds is 7. The van der Waals surface area contributed by atoms with E-state index in [0.717, 1.165) is 54.5 Å². The first-order valence-electron chi connectivity index (χ1n) is 12.5. The van der Waals surface area contributed by atoms with Crippen molar-refractivity contribution in [3.8, 4) is 0 Å². The molecule has 2 aromatic heterocycles. The molecule has 2 aliphatic carbocycles. The molecule has 3 aromatic rings. The van der Waals surface area contributed by atoms with Crippen molar-refractivity contribution in [3.05, 3.63) is 93.6 Å². The Hall–Kier alpha value is -3.22. The lowest BCUT2D eigenvalue weighted by molar-refractivity contribution is -0.125. The lowest BCUT2D eigenvalue weighted by Gasteiger charge is -2.48. The standard InChI is InChI=1S/C29H28Cl2N4O2/c1-18(14-19-7-9-21(10-8-19)35-28(37)25-22(30)16-33-17-23(25)31)34-26-24(20-6-5-13-32-15-20)27(36)29(26)11-3-2-4-12-29/h5-10,13,15-18,34H,2-4,11-12,14H2,1H3,(H,35,37)/t18-/m0/s1. The number of Topliss-reactive ketones (excluding diaryl/α,β-unsaturated/α-hetero) is 1. The summed E-state index contributed by atoms with van der Waals surface area (Å²) in [5.74, 6) is -0.133. The minimum atomic E-state index is -0.387. The molecule has 0 aliphatic heterocycles. The molecule has 1 saturated carbocycles. The SMILES string of the molecule is C[C@@H](Cc1ccc(NC(=O)c2c(Cl)cncc2Cl)cc1)NC1=C(c2cccnc2)C(=O)C12CCCCC2. The molecule has 1 aromatic carbocycles. The molecule has 2 aliphatic rings. The Morgan fingerprint density at radius 3 is 2.35 bits per heavy atom. The number of hydrogen-bond donors (Lipinski definition) is 2. The number of allylic oxidation sites excluding steroid dienone is 2. The van der Waals surface area contributed by atoms with Crippen LogP contribution >= 0.6 is 23.2 Å². The van der Waals surface area contributed by atoms with Gasteiger partial charge in [0.2, 0.25) is 0 Å². The average molecular weight is 535 g/mol. The van der Waals surface area contributed by atoms with Gasteiger partial charge in [0.25, 0.3) is 5.91 Å². The molecule has 0 radical (unpaired) electrons. The van der Waals surface area contributed by atoms with Crippen molar-refractivity contribution in [2.75, 3.05) is 5.32 Å². The van der Waals surface area contributed by atoms with E-state index in [2.05, 4.69) is 27.5 Å². The van der Waals surface area contributed by atoms with Crippen LogP contribution in [0.5, 0.6) is 0 Å². The van der Waals surface area contributed by atoms with Crippen molar-refractivity contribution in [2.45, 2.75) is 51.5 Å². The molecule has 37 heavy (non-hydrogen) atoms. The van der Waals surface area contributed by atoms with Crippen molar-refractivity contribution in [2.24, 2.45) is 5.41 Å². The first kappa shape index (κ1) is 25.4. The highest BCUT2D eigenvalue weighted by Gasteiger charge is 2.54. The Labute approximate surface area is 226 Å². The third-order valence-corrected chi connectivity index (χ3v) is 7.85. The summed E-state index contributed by atoms with van der Waals surface area (Å²) in [6, 6.07) is 11.6. The van der Waals surface area contributed by atoms with Crippen LogP contribution in [0.4, 0.5) is 5.69 Å². The zero-order valence-corrected chi connectivity index (χ0v) is 22.1. The Morgan fingerprint density at radius 2 is 1.70 bits per heavy atom. The summed E-state index contributed by atoms with van der Waals surface area (Å²) < 4.78 is 0. The number of amides is 1. The maximum Gasteiger partial charge on any atom is 0.258 e. The van der Waals surface area contributed by atoms with E-state index in [4.69, 9.17) is 23.2 Å². The zero-order chi connectivity index (χ0) is 26.0. The highest BCUT2D eigenvalue weighted by Crippen LogP contribution is 2.54. The topological polar surface area (TPSA) is 84.0 Å². The average Bonchev–Trinajstić information content (AvgIpc) is 2.90. The fourth-order valence-corrected chi connectivity index (χ4v) is 6.01. The molecule has 2 heterocycles. The summed E-state index contributed by atoms with van der Waals surface area (Å²) in [6.45, 7) is 2.14. The highest BCUT2D eigenvalue weighted by atomic mass is 35.5. The molecule has 1 fully saturated rings. The molecule has 5 rings (SSSR count). The molecule has 0 unspecified atom stereocenters. The van der Waals surface area contributed by atoms with E-state index in [-0.39, 0.29) is 38.8 Å². The van der Waals surface area contributed by atoms with Gasteiger partial charge < -0.3 is 10.6 Å². The second kappa shape index (κ2) is 10.6. The molecule has 6 nitrogen and oxygen atoms in total. The fraction of sp³-hybridized carbons (Fsp3) is 0.310. The lowest BCUT2D eigenvalue weighted by atomic mass is 9.57. The fourth-order valence-electron chi connectivity index (χ4n) is 5.47. The van der Waals surface area contributed by atoms with Gasteiger partial charge >= 0.3 is 0 Å². The van der Waals surface area contributed by atoms with Crippen LogP contribution in [0.3, 0.4) is 0 Å². The number of halogens is 2. The number of hydrogen-bond acceptors (Lipinski definition) is 5. The van der Waals surface area contributed by atoms with Crippen molar-refractivity contribution < 1.29 is 9.59 Å². The number of nitrogens with zero attached hydrogens (tertiary/aromatic N) is 2. The maximum absolute atomic E-state index is 13.4. The van der Waals surface area contributed by atoms with E-state index in [9.17, 15) is 9.59 Å². The lowest BCUT2D eigenvalue weighted by Crippen LogP contribution is -2.52. The van der Waals surface area contributed by atoms with E-state index in [1.54, 1.807) is 12.4 Å². The monoisotopic (exact) mass is 534 g/mol. The first-order chi connectivity index (χ1) is 17.9. The third kappa shape index (κ3) is 5.00. The smallest absolute Gasteiger partial charge is 0.258 e. The van der Waals surface area contributed by atoms with Gasteiger partial charge in [0, 0.05) is 53.4 Å². The Kier molecular flexibility index (Phi) is 7.31. The summed E-state index contributed by atoms with van der Waals surface area (Å²) in [5, 5.41) is 6.95. The normalized spacial score (nSPS) is 17.3. The zero-order valence-electron chi connectivity index (χ0n) is 20.6. The van der Waals surface area contributed by atoms with Crippen molar-refractivity contribution in [1.29, 1.82) is 0 Å². The summed E-state index contributed by atoms with van der Waals surface area (Å²) >= 11 is 12.2. The van der Waals surface area contributed by atoms with Crippen molar-refractivity contribution in [3.63, 3.8) is 0 Å². The second-order valence-corrected chi connectivity index (χ2v) is 10.7. The van der Waals surface area contributed by atoms with Crippen LogP contribution in [-0.4, -0.2) is 27.7 Å². The van der Waals surface area contributed by atoms with Gasteiger partial charge in [0.1, 0.15) is 0 Å². The van der Waals surface area contributed by atoms with Crippen LogP contribution in [0.15, 0.2) is 66.9 Å². The Balaban J connectivity index is 1.29. The molecule has 1 amide bonds. The van der Waals surface area contributed by atoms with Crippen LogP contribution in [0.25, 0.3) is 5.57 Å². The maximum atomic E-state index is 13.4. The van der Waals surface area contributed by atoms with Gasteiger partial charge in [0.15, 0.2) is 5.78 Å². The van der Waals surface area contributed by atoms with Crippen LogP contribution < -0.4 is 10.6 Å². The number of anilines is 1. The van der Waals surface area contributed by atoms with Crippen LogP contribution in [0.2, 0.25) is 10.0 Å². The minimum Gasteiger partial charge on any atom is -0.384 e. The molecular formula is C29H28Cl2N4O2. The predicted molar refractivity (Wildman–Crippen MR) is 147 cm³/mol. The molecule has 2 N–H and O–H groups in total. The quantitative estimate of drug-likeness (QED) is 0.361. The van der Waals surface area contributed by atoms with Gasteiger partial charge in [-0.3, -0.25) is 19.6 Å². The molecule has 0 bridgehead atoms. The Morgan fingerprint density at radius 1 is 1.00 bits per heavy atom. The number of nitrogens with one attached hydrogen (secondary N) is 2. The van der Waals surface area contributed by atoms with Gasteiger partial charge in [-0.05, 0) is 49.9 Å². The van der Waals surface area contributed by atoms with E-state index >= 15 is 0 Å². The molecule has 190 valence electrons. The molecule has 1 spiro atoms. The second-order valence-electron chi connectivity index (χ2n) is 9.84. The number of carbonyl (C=O) groups is 2. The van der Waals surface area contributed by atoms with Gasteiger partial charge in [0.05, 0.1) is 21.0 Å². The summed E-state index contributed by atoms with van der Waals surface area (Å²) in [7, 11) is 0. The molecule has 8 heteroatoms. The molecule has 1 atom stereocenters. The van der Waals surface area contributed by atoms with Crippen LogP contribution in [0.1, 0.15) is 60.5 Å². The van der Waals surface area contributed by atoms with Crippen molar-refractivity contribution >= 4 is 46.2 Å². The minimum absolute atomic E-state index is 0.114. The number of aromatic nitrogens is 2. The largest absolute Gasteiger partial charge is 0.384 e. The number of benzene rings is 1. The van der Waals surface area contributed by atoms with Gasteiger partial charge in [-0.1, -0.05) is 60.7 Å². The first-order valence-corrected chi connectivity index (χ1v) is 13.3. The van der Waals surface area contributed by atoms with E-state index in [1.165, 1.54) is 18.8 Å². The van der Waals surface area contributed by atoms with E-state index in [1.807, 2.05) is 36.4 Å². The summed E-state index contributed by atoms with van der Waals surface area (Å²) in [5.41, 5.74) is 4.33. The molecular weight excluding hydrogens is 507 g/mol. The third-order valence-electron chi connectivity index (χ3n) is 7.27. The number of ketones is 1. The predicted octanol–water partition coefficient (Wildman–Crippen LogP) is 6.50. The number of pyridine rings is 2. The highest BCUT2D eigenvalue weighted by molar-refractivity contribution is 6.40. The van der Waals surface area contributed by atoms with Crippen LogP contribution in [0, 0.1) is 5.41 Å². The van der Waals surface area contributed by atoms with Gasteiger partial charge in [-0.15, -0.1) is 0 Å². The van der Waals surface area contributed by atoms with E-state index in [0.29, 0.717) is 5.69 Å². The van der Waals surface area contributed by atoms with Gasteiger partial charge in [-0.25, -0.2) is 0 Å². The summed E-state index contributed by atoms with van der Waals surface area (Å²) in [4.78, 5) is 34.1. The Bertz CT molecular complexity index is 1330. The molecule has 0 saturated heterocycles.